The van der Waals surface area contributed by atoms with Gasteiger partial charge in [0.15, 0.2) is 0 Å². The molecule has 1 amide bonds. The predicted octanol–water partition coefficient (Wildman–Crippen LogP) is 2.07. The first-order chi connectivity index (χ1) is 8.66. The normalized spacial score (nSPS) is 23.6. The first kappa shape index (κ1) is 14.2. The monoisotopic (exact) mass is 270 g/mol. The van der Waals surface area contributed by atoms with E-state index in [9.17, 15) is 4.79 Å². The molecule has 0 N–H and O–H groups in total. The molecule has 3 nitrogen and oxygen atoms in total. The molecular formula is C14H26N2OS. The average molecular weight is 270 g/mol. The van der Waals surface area contributed by atoms with E-state index < -0.39 is 0 Å². The molecular weight excluding hydrogens is 244 g/mol. The van der Waals surface area contributed by atoms with Crippen molar-refractivity contribution in [2.45, 2.75) is 39.2 Å². The largest absolute Gasteiger partial charge is 0.343 e. The second kappa shape index (κ2) is 6.80. The van der Waals surface area contributed by atoms with Crippen molar-refractivity contribution >= 4 is 17.7 Å². The van der Waals surface area contributed by atoms with E-state index in [2.05, 4.69) is 35.4 Å². The van der Waals surface area contributed by atoms with Crippen molar-refractivity contribution in [2.75, 3.05) is 37.7 Å². The highest BCUT2D eigenvalue weighted by Gasteiger charge is 2.27. The molecule has 2 aliphatic rings. The third kappa shape index (κ3) is 3.89. The van der Waals surface area contributed by atoms with Gasteiger partial charge in [-0.3, -0.25) is 9.69 Å². The molecule has 0 saturated carbocycles. The van der Waals surface area contributed by atoms with Crippen LogP contribution in [0.2, 0.25) is 0 Å². The zero-order valence-corrected chi connectivity index (χ0v) is 12.5. The number of carbonyl (C=O) groups is 1. The molecule has 104 valence electrons. The fourth-order valence-electron chi connectivity index (χ4n) is 2.90. The zero-order valence-electron chi connectivity index (χ0n) is 11.7. The molecule has 0 radical (unpaired) electrons. The predicted molar refractivity (Wildman–Crippen MR) is 78.0 cm³/mol. The number of carbonyl (C=O) groups excluding carboxylic acids is 1. The van der Waals surface area contributed by atoms with Crippen LogP contribution in [-0.2, 0) is 4.79 Å². The molecule has 0 aromatic rings. The van der Waals surface area contributed by atoms with Gasteiger partial charge in [0.05, 0.1) is 0 Å². The topological polar surface area (TPSA) is 23.6 Å². The molecule has 2 heterocycles. The summed E-state index contributed by atoms with van der Waals surface area (Å²) < 4.78 is 0. The van der Waals surface area contributed by atoms with E-state index >= 15 is 0 Å². The van der Waals surface area contributed by atoms with Crippen LogP contribution in [0, 0.1) is 5.92 Å². The quantitative estimate of drug-likeness (QED) is 0.784. The summed E-state index contributed by atoms with van der Waals surface area (Å²) in [5.41, 5.74) is 0. The molecule has 0 aliphatic carbocycles. The molecule has 0 atom stereocenters. The van der Waals surface area contributed by atoms with Gasteiger partial charge in [0.2, 0.25) is 5.91 Å². The molecule has 18 heavy (non-hydrogen) atoms. The van der Waals surface area contributed by atoms with Crippen LogP contribution in [0.1, 0.15) is 33.1 Å². The van der Waals surface area contributed by atoms with E-state index in [1.807, 2.05) is 0 Å². The molecule has 2 aliphatic heterocycles. The summed E-state index contributed by atoms with van der Waals surface area (Å²) in [5, 5.41) is 0. The van der Waals surface area contributed by atoms with E-state index in [-0.39, 0.29) is 0 Å². The minimum absolute atomic E-state index is 0.359. The third-order valence-corrected chi connectivity index (χ3v) is 4.90. The maximum Gasteiger partial charge on any atom is 0.222 e. The van der Waals surface area contributed by atoms with Crippen molar-refractivity contribution in [3.05, 3.63) is 0 Å². The average Bonchev–Trinajstić information content (AvgIpc) is 2.39. The number of rotatable bonds is 3. The van der Waals surface area contributed by atoms with Crippen molar-refractivity contribution in [1.29, 1.82) is 0 Å². The van der Waals surface area contributed by atoms with E-state index in [0.29, 0.717) is 18.2 Å². The third-order valence-electron chi connectivity index (χ3n) is 3.96. The maximum atomic E-state index is 12.0. The SMILES string of the molecule is CC(C)CC(=O)N1CCC(N2CCSCC2)CC1. The van der Waals surface area contributed by atoms with Crippen LogP contribution in [-0.4, -0.2) is 59.4 Å². The van der Waals surface area contributed by atoms with Crippen LogP contribution in [0.25, 0.3) is 0 Å². The highest BCUT2D eigenvalue weighted by Crippen LogP contribution is 2.21. The lowest BCUT2D eigenvalue weighted by atomic mass is 10.0. The van der Waals surface area contributed by atoms with Crippen LogP contribution in [0.15, 0.2) is 0 Å². The molecule has 2 fully saturated rings. The zero-order chi connectivity index (χ0) is 13.0. The molecule has 4 heteroatoms. The summed E-state index contributed by atoms with van der Waals surface area (Å²) in [6.07, 6.45) is 3.06. The van der Waals surface area contributed by atoms with Crippen LogP contribution < -0.4 is 0 Å². The first-order valence-corrected chi connectivity index (χ1v) is 8.42. The minimum Gasteiger partial charge on any atom is -0.343 e. The molecule has 0 unspecified atom stereocenters. The van der Waals surface area contributed by atoms with Gasteiger partial charge in [-0.1, -0.05) is 13.8 Å². The smallest absolute Gasteiger partial charge is 0.222 e. The van der Waals surface area contributed by atoms with Crippen molar-refractivity contribution in [3.8, 4) is 0 Å². The summed E-state index contributed by atoms with van der Waals surface area (Å²) in [4.78, 5) is 16.7. The van der Waals surface area contributed by atoms with E-state index in [1.165, 1.54) is 37.4 Å². The molecule has 0 spiro atoms. The number of piperidine rings is 1. The van der Waals surface area contributed by atoms with Gasteiger partial charge in [0.1, 0.15) is 0 Å². The van der Waals surface area contributed by atoms with Crippen LogP contribution in [0.3, 0.4) is 0 Å². The van der Waals surface area contributed by atoms with Gasteiger partial charge in [-0.25, -0.2) is 0 Å². The Labute approximate surface area is 115 Å². The van der Waals surface area contributed by atoms with Gasteiger partial charge in [-0.05, 0) is 18.8 Å². The van der Waals surface area contributed by atoms with Gasteiger partial charge >= 0.3 is 0 Å². The van der Waals surface area contributed by atoms with Gasteiger partial charge in [0, 0.05) is 50.1 Å². The number of amides is 1. The number of nitrogens with zero attached hydrogens (tertiary/aromatic N) is 2. The molecule has 2 saturated heterocycles. The Morgan fingerprint density at radius 3 is 2.33 bits per heavy atom. The molecule has 0 bridgehead atoms. The number of thioether (sulfide) groups is 1. The number of likely N-dealkylation sites (tertiary alicyclic amines) is 1. The minimum atomic E-state index is 0.359. The molecule has 2 rings (SSSR count). The summed E-state index contributed by atoms with van der Waals surface area (Å²) >= 11 is 2.07. The van der Waals surface area contributed by atoms with Gasteiger partial charge in [-0.15, -0.1) is 0 Å². The fourth-order valence-corrected chi connectivity index (χ4v) is 3.83. The van der Waals surface area contributed by atoms with Crippen LogP contribution in [0.4, 0.5) is 0 Å². The maximum absolute atomic E-state index is 12.0. The summed E-state index contributed by atoms with van der Waals surface area (Å²) in [6, 6.07) is 0.731. The number of hydrogen-bond donors (Lipinski definition) is 0. The van der Waals surface area contributed by atoms with Crippen molar-refractivity contribution in [1.82, 2.24) is 9.80 Å². The van der Waals surface area contributed by atoms with E-state index in [4.69, 9.17) is 0 Å². The Morgan fingerprint density at radius 2 is 1.78 bits per heavy atom. The van der Waals surface area contributed by atoms with Crippen LogP contribution >= 0.6 is 11.8 Å². The Balaban J connectivity index is 1.75. The highest BCUT2D eigenvalue weighted by atomic mass is 32.2. The first-order valence-electron chi connectivity index (χ1n) is 7.26. The van der Waals surface area contributed by atoms with Crippen molar-refractivity contribution in [2.24, 2.45) is 5.92 Å². The standard InChI is InChI=1S/C14H26N2OS/c1-12(2)11-14(17)16-5-3-13(4-6-16)15-7-9-18-10-8-15/h12-13H,3-11H2,1-2H3. The summed E-state index contributed by atoms with van der Waals surface area (Å²) in [6.45, 7) is 8.68. The van der Waals surface area contributed by atoms with Crippen molar-refractivity contribution in [3.63, 3.8) is 0 Å². The Kier molecular flexibility index (Phi) is 5.37. The van der Waals surface area contributed by atoms with Crippen molar-refractivity contribution < 1.29 is 4.79 Å². The summed E-state index contributed by atoms with van der Waals surface area (Å²) in [7, 11) is 0. The van der Waals surface area contributed by atoms with Crippen LogP contribution in [0.5, 0.6) is 0 Å². The Hall–Kier alpha value is -0.220. The van der Waals surface area contributed by atoms with Gasteiger partial charge < -0.3 is 4.90 Å². The highest BCUT2D eigenvalue weighted by molar-refractivity contribution is 7.99. The Morgan fingerprint density at radius 1 is 1.17 bits per heavy atom. The van der Waals surface area contributed by atoms with E-state index in [1.54, 1.807) is 0 Å². The summed E-state index contributed by atoms with van der Waals surface area (Å²) in [5.74, 6) is 3.41. The Bertz CT molecular complexity index is 269. The van der Waals surface area contributed by atoms with E-state index in [0.717, 1.165) is 19.1 Å². The number of hydrogen-bond acceptors (Lipinski definition) is 3. The van der Waals surface area contributed by atoms with Gasteiger partial charge in [-0.2, -0.15) is 11.8 Å². The second-order valence-electron chi connectivity index (χ2n) is 5.86. The second-order valence-corrected chi connectivity index (χ2v) is 7.08. The molecule has 0 aromatic carbocycles. The lowest BCUT2D eigenvalue weighted by Crippen LogP contribution is -2.49. The fraction of sp³-hybridized carbons (Fsp3) is 0.929. The lowest BCUT2D eigenvalue weighted by Gasteiger charge is -2.40. The molecule has 0 aromatic heterocycles. The van der Waals surface area contributed by atoms with Gasteiger partial charge in [0.25, 0.3) is 0 Å². The lowest BCUT2D eigenvalue weighted by molar-refractivity contribution is -0.133.